The van der Waals surface area contributed by atoms with Crippen LogP contribution in [0.4, 0.5) is 0 Å². The fraction of sp³-hybridized carbons (Fsp3) is 1.00. The van der Waals surface area contributed by atoms with Crippen molar-refractivity contribution in [2.45, 2.75) is 12.8 Å². The van der Waals surface area contributed by atoms with Gasteiger partial charge in [0.05, 0.1) is 0 Å². The Morgan fingerprint density at radius 1 is 1.12 bits per heavy atom. The van der Waals surface area contributed by atoms with Crippen LogP contribution in [0.5, 0.6) is 0 Å². The van der Waals surface area contributed by atoms with E-state index in [2.05, 4.69) is 0 Å². The lowest BCUT2D eigenvalue weighted by atomic mass is 10.4. The topological polar surface area (TPSA) is 49.7 Å². The molecule has 0 saturated carbocycles. The van der Waals surface area contributed by atoms with Crippen LogP contribution in [-0.4, -0.2) is 30.9 Å². The van der Waals surface area contributed by atoms with Crippen molar-refractivity contribution < 1.29 is 14.8 Å². The molecule has 1 heterocycles. The van der Waals surface area contributed by atoms with Gasteiger partial charge in [-0.2, -0.15) is 0 Å². The molecule has 47 valence electrons. The lowest BCUT2D eigenvalue weighted by molar-refractivity contribution is 0.198. The molecule has 0 amide bonds. The van der Waals surface area contributed by atoms with Gasteiger partial charge in [-0.05, 0) is 12.8 Å². The van der Waals surface area contributed by atoms with Crippen LogP contribution >= 0.6 is 0 Å². The molecule has 0 unspecified atom stereocenters. The van der Waals surface area contributed by atoms with Crippen molar-refractivity contribution in [2.24, 2.45) is 0 Å². The van der Waals surface area contributed by atoms with Crippen molar-refractivity contribution in [3.8, 4) is 0 Å². The van der Waals surface area contributed by atoms with E-state index in [-0.39, 0.29) is 7.69 Å². The van der Waals surface area contributed by atoms with Gasteiger partial charge in [0.2, 0.25) is 0 Å². The minimum absolute atomic E-state index is 0. The summed E-state index contributed by atoms with van der Waals surface area (Å²) in [4.78, 5) is 0. The lowest BCUT2D eigenvalue weighted by Gasteiger charge is -1.76. The number of rotatable bonds is 0. The first-order chi connectivity index (χ1) is 3.91. The van der Waals surface area contributed by atoms with Crippen LogP contribution in [0.2, 0.25) is 0 Å². The molecule has 0 aromatic carbocycles. The maximum Gasteiger partial charge on any atom is 0.482 e. The average molecular weight is 117 g/mol. The van der Waals surface area contributed by atoms with Crippen LogP contribution in [0.1, 0.15) is 12.8 Å². The van der Waals surface area contributed by atoms with Crippen LogP contribution in [0, 0.1) is 0 Å². The predicted octanol–water partition coefficient (Wildman–Crippen LogP) is -0.698. The third-order valence-corrected chi connectivity index (χ3v) is 0.827. The zero-order chi connectivity index (χ0) is 6.24. The lowest BCUT2D eigenvalue weighted by Crippen LogP contribution is -1.75. The summed E-state index contributed by atoms with van der Waals surface area (Å²) in [6.07, 6.45) is 2.56. The van der Waals surface area contributed by atoms with E-state index in [4.69, 9.17) is 14.8 Å². The fourth-order valence-electron chi connectivity index (χ4n) is 0.510. The second-order valence-electron chi connectivity index (χ2n) is 1.43. The van der Waals surface area contributed by atoms with Crippen molar-refractivity contribution in [3.05, 3.63) is 0 Å². The summed E-state index contributed by atoms with van der Waals surface area (Å²) in [7, 11) is 0. The number of hydrogen-bond donors (Lipinski definition) is 2. The molecule has 1 saturated heterocycles. The van der Waals surface area contributed by atoms with E-state index in [0.717, 1.165) is 13.2 Å². The van der Waals surface area contributed by atoms with Crippen molar-refractivity contribution in [1.29, 1.82) is 0 Å². The summed E-state index contributed by atoms with van der Waals surface area (Å²) in [5.74, 6) is 0. The van der Waals surface area contributed by atoms with Crippen LogP contribution in [0.15, 0.2) is 0 Å². The van der Waals surface area contributed by atoms with Gasteiger partial charge in [0.15, 0.2) is 0 Å². The van der Waals surface area contributed by atoms with E-state index in [1.54, 1.807) is 0 Å². The standard InChI is InChI=1S/C4H8O.BH2O2/c1-2-4-5-3-1;2-1-3/h1-4H2;2-3H. The second-order valence-corrected chi connectivity index (χ2v) is 1.43. The van der Waals surface area contributed by atoms with Crippen molar-refractivity contribution in [2.75, 3.05) is 13.2 Å². The Morgan fingerprint density at radius 3 is 1.62 bits per heavy atom. The quantitative estimate of drug-likeness (QED) is 0.412. The third-order valence-electron chi connectivity index (χ3n) is 0.827. The Balaban J connectivity index is 0.000000145. The zero-order valence-corrected chi connectivity index (χ0v) is 4.71. The summed E-state index contributed by atoms with van der Waals surface area (Å²) in [6, 6.07) is 0. The molecule has 0 aliphatic carbocycles. The highest BCUT2D eigenvalue weighted by atomic mass is 16.5. The average Bonchev–Trinajstić information content (AvgIpc) is 2.17. The smallest absolute Gasteiger partial charge is 0.429 e. The molecule has 1 fully saturated rings. The summed E-state index contributed by atoms with van der Waals surface area (Å²) in [6.45, 7) is 2.00. The minimum atomic E-state index is 0. The van der Waals surface area contributed by atoms with Crippen LogP contribution in [0.3, 0.4) is 0 Å². The van der Waals surface area contributed by atoms with Crippen molar-refractivity contribution in [1.82, 2.24) is 0 Å². The van der Waals surface area contributed by atoms with Gasteiger partial charge in [0.25, 0.3) is 0 Å². The molecule has 1 aliphatic rings. The van der Waals surface area contributed by atoms with E-state index in [1.165, 1.54) is 12.8 Å². The molecule has 0 spiro atoms. The molecular formula is C4H10BO3. The van der Waals surface area contributed by atoms with Crippen LogP contribution < -0.4 is 0 Å². The molecule has 0 atom stereocenters. The molecule has 0 aromatic heterocycles. The summed E-state index contributed by atoms with van der Waals surface area (Å²) in [5.41, 5.74) is 0. The summed E-state index contributed by atoms with van der Waals surface area (Å²) < 4.78 is 4.94. The molecular weight excluding hydrogens is 107 g/mol. The van der Waals surface area contributed by atoms with E-state index in [0.29, 0.717) is 0 Å². The monoisotopic (exact) mass is 117 g/mol. The van der Waals surface area contributed by atoms with E-state index in [9.17, 15) is 0 Å². The molecule has 1 rings (SSSR count). The molecule has 3 nitrogen and oxygen atoms in total. The molecule has 8 heavy (non-hydrogen) atoms. The molecule has 2 N–H and O–H groups in total. The molecule has 1 radical (unpaired) electrons. The first-order valence-electron chi connectivity index (χ1n) is 2.59. The first-order valence-corrected chi connectivity index (χ1v) is 2.59. The Labute approximate surface area is 49.6 Å². The second kappa shape index (κ2) is 6.94. The normalized spacial score (nSPS) is 16.8. The predicted molar refractivity (Wildman–Crippen MR) is 30.2 cm³/mol. The molecule has 4 heteroatoms. The van der Waals surface area contributed by atoms with Crippen LogP contribution in [0.25, 0.3) is 0 Å². The highest BCUT2D eigenvalue weighted by Gasteiger charge is 1.94. The van der Waals surface area contributed by atoms with Gasteiger partial charge in [-0.15, -0.1) is 0 Å². The van der Waals surface area contributed by atoms with Gasteiger partial charge < -0.3 is 14.8 Å². The van der Waals surface area contributed by atoms with Crippen molar-refractivity contribution in [3.63, 3.8) is 0 Å². The van der Waals surface area contributed by atoms with E-state index >= 15 is 0 Å². The van der Waals surface area contributed by atoms with Gasteiger partial charge in [-0.25, -0.2) is 0 Å². The maximum atomic E-state index is 7.00. The van der Waals surface area contributed by atoms with Gasteiger partial charge in [0, 0.05) is 13.2 Å². The van der Waals surface area contributed by atoms with Gasteiger partial charge in [-0.3, -0.25) is 0 Å². The molecule has 0 aromatic rings. The van der Waals surface area contributed by atoms with Crippen molar-refractivity contribution >= 4 is 7.69 Å². The first kappa shape index (κ1) is 7.94. The fourth-order valence-corrected chi connectivity index (χ4v) is 0.510. The third kappa shape index (κ3) is 5.94. The summed E-state index contributed by atoms with van der Waals surface area (Å²) >= 11 is 0. The maximum absolute atomic E-state index is 7.00. The zero-order valence-electron chi connectivity index (χ0n) is 4.71. The summed E-state index contributed by atoms with van der Waals surface area (Å²) in [5, 5.41) is 14.0. The Bertz CT molecular complexity index is 30.7. The van der Waals surface area contributed by atoms with Gasteiger partial charge >= 0.3 is 7.69 Å². The van der Waals surface area contributed by atoms with E-state index in [1.807, 2.05) is 0 Å². The number of hydrogen-bond acceptors (Lipinski definition) is 3. The van der Waals surface area contributed by atoms with E-state index < -0.39 is 0 Å². The Morgan fingerprint density at radius 2 is 1.50 bits per heavy atom. The van der Waals surface area contributed by atoms with Crippen LogP contribution in [-0.2, 0) is 4.74 Å². The molecule has 1 aliphatic heterocycles. The van der Waals surface area contributed by atoms with Gasteiger partial charge in [0.1, 0.15) is 0 Å². The van der Waals surface area contributed by atoms with Gasteiger partial charge in [-0.1, -0.05) is 0 Å². The Kier molecular flexibility index (Phi) is 6.90. The highest BCUT2D eigenvalue weighted by molar-refractivity contribution is 6.13. The molecule has 0 bridgehead atoms. The highest BCUT2D eigenvalue weighted by Crippen LogP contribution is 1.98. The SMILES string of the molecule is C1CCOC1.O[B]O. The Hall–Kier alpha value is -0.0551. The largest absolute Gasteiger partial charge is 0.482 e. The minimum Gasteiger partial charge on any atom is -0.429 e. The number of ether oxygens (including phenoxy) is 1.